The van der Waals surface area contributed by atoms with Gasteiger partial charge in [-0.15, -0.1) is 0 Å². The van der Waals surface area contributed by atoms with Gasteiger partial charge < -0.3 is 5.32 Å². The molecule has 0 saturated carbocycles. The summed E-state index contributed by atoms with van der Waals surface area (Å²) in [4.78, 5) is 8.61. The topological polar surface area (TPSA) is 61.6 Å². The van der Waals surface area contributed by atoms with Gasteiger partial charge in [0.25, 0.3) is 0 Å². The van der Waals surface area contributed by atoms with E-state index in [1.165, 1.54) is 0 Å². The van der Waals surface area contributed by atoms with Crippen LogP contribution in [0.4, 0.5) is 11.6 Å². The van der Waals surface area contributed by atoms with Crippen molar-refractivity contribution in [2.24, 2.45) is 0 Å². The first-order valence-electron chi connectivity index (χ1n) is 5.84. The number of hydrogen-bond acceptors (Lipinski definition) is 4. The van der Waals surface area contributed by atoms with Crippen molar-refractivity contribution in [3.05, 3.63) is 47.3 Å². The standard InChI is InChI=1S/C14H14N4/c1-3-12-10(2)16-14(18-13(12)9-15)17-11-7-5-4-6-8-11/h4-8H,3H2,1-2H3,(H,16,17,18). The molecule has 0 spiro atoms. The number of anilines is 2. The van der Waals surface area contributed by atoms with E-state index < -0.39 is 0 Å². The summed E-state index contributed by atoms with van der Waals surface area (Å²) in [5.41, 5.74) is 3.12. The molecule has 0 bridgehead atoms. The van der Waals surface area contributed by atoms with Gasteiger partial charge in [-0.05, 0) is 25.5 Å². The molecule has 4 heteroatoms. The quantitative estimate of drug-likeness (QED) is 0.893. The van der Waals surface area contributed by atoms with Gasteiger partial charge in [0.05, 0.1) is 0 Å². The summed E-state index contributed by atoms with van der Waals surface area (Å²) in [6, 6.07) is 11.8. The van der Waals surface area contributed by atoms with Crippen molar-refractivity contribution >= 4 is 11.6 Å². The van der Waals surface area contributed by atoms with E-state index in [1.54, 1.807) is 0 Å². The first-order valence-corrected chi connectivity index (χ1v) is 5.84. The van der Waals surface area contributed by atoms with Crippen LogP contribution in [0.2, 0.25) is 0 Å². The lowest BCUT2D eigenvalue weighted by atomic mass is 10.1. The first-order chi connectivity index (χ1) is 8.74. The Hall–Kier alpha value is -2.41. The summed E-state index contributed by atoms with van der Waals surface area (Å²) >= 11 is 0. The number of nitrogens with one attached hydrogen (secondary N) is 1. The lowest BCUT2D eigenvalue weighted by Gasteiger charge is -2.09. The Balaban J connectivity index is 2.36. The van der Waals surface area contributed by atoms with Crippen molar-refractivity contribution < 1.29 is 0 Å². The Morgan fingerprint density at radius 3 is 2.56 bits per heavy atom. The molecule has 4 nitrogen and oxygen atoms in total. The van der Waals surface area contributed by atoms with E-state index in [2.05, 4.69) is 21.4 Å². The lowest BCUT2D eigenvalue weighted by Crippen LogP contribution is -2.05. The molecule has 90 valence electrons. The molecule has 0 unspecified atom stereocenters. The molecular weight excluding hydrogens is 224 g/mol. The molecule has 0 saturated heterocycles. The van der Waals surface area contributed by atoms with Crippen LogP contribution < -0.4 is 5.32 Å². The van der Waals surface area contributed by atoms with Crippen LogP contribution in [0.25, 0.3) is 0 Å². The minimum atomic E-state index is 0.448. The SMILES string of the molecule is CCc1c(C)nc(Nc2ccccc2)nc1C#N. The van der Waals surface area contributed by atoms with Crippen molar-refractivity contribution in [2.75, 3.05) is 5.32 Å². The van der Waals surface area contributed by atoms with E-state index in [1.807, 2.05) is 44.2 Å². The predicted octanol–water partition coefficient (Wildman–Crippen LogP) is 2.96. The average molecular weight is 238 g/mol. The third-order valence-corrected chi connectivity index (χ3v) is 2.70. The van der Waals surface area contributed by atoms with Crippen LogP contribution in [-0.2, 0) is 6.42 Å². The van der Waals surface area contributed by atoms with E-state index in [4.69, 9.17) is 5.26 Å². The van der Waals surface area contributed by atoms with Crippen molar-refractivity contribution in [3.8, 4) is 6.07 Å². The number of para-hydroxylation sites is 1. The van der Waals surface area contributed by atoms with Crippen LogP contribution >= 0.6 is 0 Å². The maximum Gasteiger partial charge on any atom is 0.228 e. The van der Waals surface area contributed by atoms with Crippen molar-refractivity contribution in [2.45, 2.75) is 20.3 Å². The number of benzene rings is 1. The zero-order valence-electron chi connectivity index (χ0n) is 10.4. The van der Waals surface area contributed by atoms with Gasteiger partial charge in [-0.2, -0.15) is 5.26 Å². The van der Waals surface area contributed by atoms with Crippen molar-refractivity contribution in [1.82, 2.24) is 9.97 Å². The van der Waals surface area contributed by atoms with Gasteiger partial charge in [-0.1, -0.05) is 25.1 Å². The number of aryl methyl sites for hydroxylation is 1. The first kappa shape index (κ1) is 12.1. The second-order valence-corrected chi connectivity index (χ2v) is 3.92. The minimum Gasteiger partial charge on any atom is -0.324 e. The summed E-state index contributed by atoms with van der Waals surface area (Å²) in [5, 5.41) is 12.2. The summed E-state index contributed by atoms with van der Waals surface area (Å²) in [6.45, 7) is 3.90. The van der Waals surface area contributed by atoms with Crippen molar-refractivity contribution in [1.29, 1.82) is 5.26 Å². The summed E-state index contributed by atoms with van der Waals surface area (Å²) in [6.07, 6.45) is 0.764. The van der Waals surface area contributed by atoms with Gasteiger partial charge in [0.1, 0.15) is 11.8 Å². The molecule has 0 radical (unpaired) electrons. The number of aromatic nitrogens is 2. The molecule has 0 aliphatic heterocycles. The predicted molar refractivity (Wildman–Crippen MR) is 70.6 cm³/mol. The fourth-order valence-electron chi connectivity index (χ4n) is 1.82. The van der Waals surface area contributed by atoms with Crippen LogP contribution in [0.15, 0.2) is 30.3 Å². The number of rotatable bonds is 3. The van der Waals surface area contributed by atoms with E-state index in [0.29, 0.717) is 11.6 Å². The third-order valence-electron chi connectivity index (χ3n) is 2.70. The van der Waals surface area contributed by atoms with Crippen LogP contribution in [0.1, 0.15) is 23.9 Å². The number of nitriles is 1. The molecule has 0 fully saturated rings. The molecule has 0 atom stereocenters. The molecular formula is C14H14N4. The van der Waals surface area contributed by atoms with Gasteiger partial charge in [0.15, 0.2) is 0 Å². The van der Waals surface area contributed by atoms with Gasteiger partial charge >= 0.3 is 0 Å². The summed E-state index contributed by atoms with van der Waals surface area (Å²) in [5.74, 6) is 0.465. The third kappa shape index (κ3) is 2.46. The zero-order valence-corrected chi connectivity index (χ0v) is 10.4. The van der Waals surface area contributed by atoms with Crippen LogP contribution in [0.3, 0.4) is 0 Å². The maximum atomic E-state index is 9.10. The molecule has 0 aliphatic carbocycles. The highest BCUT2D eigenvalue weighted by Gasteiger charge is 2.09. The van der Waals surface area contributed by atoms with Crippen LogP contribution in [-0.4, -0.2) is 9.97 Å². The van der Waals surface area contributed by atoms with Gasteiger partial charge in [0, 0.05) is 16.9 Å². The average Bonchev–Trinajstić information content (AvgIpc) is 2.39. The molecule has 1 aromatic heterocycles. The molecule has 1 heterocycles. The lowest BCUT2D eigenvalue weighted by molar-refractivity contribution is 0.984. The second kappa shape index (κ2) is 5.28. The largest absolute Gasteiger partial charge is 0.324 e. The fraction of sp³-hybridized carbons (Fsp3) is 0.214. The zero-order chi connectivity index (χ0) is 13.0. The Morgan fingerprint density at radius 2 is 1.94 bits per heavy atom. The normalized spacial score (nSPS) is 9.83. The van der Waals surface area contributed by atoms with Gasteiger partial charge in [0.2, 0.25) is 5.95 Å². The van der Waals surface area contributed by atoms with Crippen molar-refractivity contribution in [3.63, 3.8) is 0 Å². The number of nitrogens with zero attached hydrogens (tertiary/aromatic N) is 3. The Morgan fingerprint density at radius 1 is 1.22 bits per heavy atom. The Kier molecular flexibility index (Phi) is 3.54. The number of hydrogen-bond donors (Lipinski definition) is 1. The summed E-state index contributed by atoms with van der Waals surface area (Å²) in [7, 11) is 0. The van der Waals surface area contributed by atoms with E-state index in [-0.39, 0.29) is 0 Å². The molecule has 1 N–H and O–H groups in total. The van der Waals surface area contributed by atoms with E-state index >= 15 is 0 Å². The fourth-order valence-corrected chi connectivity index (χ4v) is 1.82. The highest BCUT2D eigenvalue weighted by molar-refractivity contribution is 5.54. The van der Waals surface area contributed by atoms with Gasteiger partial charge in [-0.25, -0.2) is 9.97 Å². The molecule has 0 amide bonds. The Bertz CT molecular complexity index is 585. The monoisotopic (exact) mass is 238 g/mol. The molecule has 2 rings (SSSR count). The van der Waals surface area contributed by atoms with Crippen LogP contribution in [0.5, 0.6) is 0 Å². The summed E-state index contributed by atoms with van der Waals surface area (Å²) < 4.78 is 0. The second-order valence-electron chi connectivity index (χ2n) is 3.92. The smallest absolute Gasteiger partial charge is 0.228 e. The van der Waals surface area contributed by atoms with Gasteiger partial charge in [-0.3, -0.25) is 0 Å². The van der Waals surface area contributed by atoms with Crippen LogP contribution in [0, 0.1) is 18.3 Å². The van der Waals surface area contributed by atoms with E-state index in [0.717, 1.165) is 23.4 Å². The van der Waals surface area contributed by atoms with E-state index in [9.17, 15) is 0 Å². The molecule has 1 aromatic carbocycles. The Labute approximate surface area is 106 Å². The highest BCUT2D eigenvalue weighted by atomic mass is 15.1. The maximum absolute atomic E-state index is 9.10. The minimum absolute atomic E-state index is 0.448. The molecule has 0 aliphatic rings. The highest BCUT2D eigenvalue weighted by Crippen LogP contribution is 2.16. The molecule has 18 heavy (non-hydrogen) atoms. The molecule has 2 aromatic rings.